The first-order chi connectivity index (χ1) is 8.95. The van der Waals surface area contributed by atoms with Gasteiger partial charge in [0.1, 0.15) is 5.82 Å². The van der Waals surface area contributed by atoms with Gasteiger partial charge >= 0.3 is 0 Å². The van der Waals surface area contributed by atoms with Crippen LogP contribution in [0.2, 0.25) is 0 Å². The Kier molecular flexibility index (Phi) is 3.41. The van der Waals surface area contributed by atoms with Crippen molar-refractivity contribution in [1.82, 2.24) is 9.97 Å². The van der Waals surface area contributed by atoms with Gasteiger partial charge in [0.15, 0.2) is 0 Å². The maximum atomic E-state index is 13.1. The van der Waals surface area contributed by atoms with Crippen LogP contribution in [-0.2, 0) is 0 Å². The van der Waals surface area contributed by atoms with E-state index in [9.17, 15) is 9.18 Å². The molecule has 0 radical (unpaired) electrons. The zero-order valence-electron chi connectivity index (χ0n) is 10.6. The van der Waals surface area contributed by atoms with E-state index < -0.39 is 11.7 Å². The summed E-state index contributed by atoms with van der Waals surface area (Å²) in [4.78, 5) is 20.1. The highest BCUT2D eigenvalue weighted by atomic mass is 19.1. The lowest BCUT2D eigenvalue weighted by Gasteiger charge is -2.07. The molecule has 2 rings (SSSR count). The van der Waals surface area contributed by atoms with E-state index in [1.165, 1.54) is 12.1 Å². The molecule has 0 saturated carbocycles. The van der Waals surface area contributed by atoms with Crippen molar-refractivity contribution in [3.63, 3.8) is 0 Å². The molecule has 0 spiro atoms. The lowest BCUT2D eigenvalue weighted by atomic mass is 10.1. The predicted molar refractivity (Wildman–Crippen MR) is 70.3 cm³/mol. The van der Waals surface area contributed by atoms with Crippen LogP contribution in [0.3, 0.4) is 0 Å². The number of aryl methyl sites for hydroxylation is 2. The van der Waals surface area contributed by atoms with Gasteiger partial charge in [0.05, 0.1) is 5.56 Å². The average Bonchev–Trinajstić information content (AvgIpc) is 2.30. The highest BCUT2D eigenvalue weighted by Gasteiger charge is 2.12. The van der Waals surface area contributed by atoms with Gasteiger partial charge in [-0.1, -0.05) is 0 Å². The number of carbonyl (C=O) groups is 1. The average molecular weight is 260 g/mol. The molecule has 1 aromatic heterocycles. The molecule has 0 unspecified atom stereocenters. The van der Waals surface area contributed by atoms with Gasteiger partial charge in [-0.25, -0.2) is 14.4 Å². The number of hydrogen-bond acceptors (Lipinski definition) is 4. The van der Waals surface area contributed by atoms with Crippen molar-refractivity contribution in [1.29, 1.82) is 0 Å². The number of nitrogens with one attached hydrogen (secondary N) is 1. The first-order valence-corrected chi connectivity index (χ1v) is 5.64. The Balaban J connectivity index is 2.28. The van der Waals surface area contributed by atoms with Gasteiger partial charge in [0.2, 0.25) is 5.95 Å². The summed E-state index contributed by atoms with van der Waals surface area (Å²) >= 11 is 0. The zero-order valence-corrected chi connectivity index (χ0v) is 10.6. The van der Waals surface area contributed by atoms with E-state index in [0.29, 0.717) is 0 Å². The van der Waals surface area contributed by atoms with E-state index >= 15 is 0 Å². The third-order valence-electron chi connectivity index (χ3n) is 2.47. The monoisotopic (exact) mass is 260 g/mol. The summed E-state index contributed by atoms with van der Waals surface area (Å²) in [6, 6.07) is 5.39. The fourth-order valence-electron chi connectivity index (χ4n) is 1.68. The van der Waals surface area contributed by atoms with Crippen LogP contribution in [-0.4, -0.2) is 15.9 Å². The van der Waals surface area contributed by atoms with E-state index in [-0.39, 0.29) is 17.2 Å². The number of halogens is 1. The van der Waals surface area contributed by atoms with Gasteiger partial charge in [-0.3, -0.25) is 10.1 Å². The van der Waals surface area contributed by atoms with Crippen molar-refractivity contribution in [2.75, 3.05) is 11.1 Å². The van der Waals surface area contributed by atoms with Gasteiger partial charge in [-0.05, 0) is 38.1 Å². The van der Waals surface area contributed by atoms with E-state index in [0.717, 1.165) is 17.5 Å². The van der Waals surface area contributed by atoms with E-state index in [4.69, 9.17) is 5.73 Å². The number of anilines is 2. The second-order valence-corrected chi connectivity index (χ2v) is 4.16. The van der Waals surface area contributed by atoms with Crippen LogP contribution < -0.4 is 11.1 Å². The summed E-state index contributed by atoms with van der Waals surface area (Å²) in [7, 11) is 0. The molecule has 2 aromatic rings. The molecule has 0 aliphatic heterocycles. The minimum atomic E-state index is -0.540. The van der Waals surface area contributed by atoms with Crippen LogP contribution in [0.15, 0.2) is 24.3 Å². The molecule has 0 atom stereocenters. The Morgan fingerprint density at radius 3 is 2.47 bits per heavy atom. The van der Waals surface area contributed by atoms with Crippen molar-refractivity contribution in [3.05, 3.63) is 47.0 Å². The molecular weight excluding hydrogens is 247 g/mol. The van der Waals surface area contributed by atoms with Crippen LogP contribution in [0.4, 0.5) is 16.0 Å². The van der Waals surface area contributed by atoms with Crippen LogP contribution >= 0.6 is 0 Å². The molecule has 0 saturated heterocycles. The Bertz CT molecular complexity index is 622. The second kappa shape index (κ2) is 5.01. The number of hydrogen-bond donors (Lipinski definition) is 2. The summed E-state index contributed by atoms with van der Waals surface area (Å²) in [5, 5.41) is 2.50. The number of benzene rings is 1. The van der Waals surface area contributed by atoms with Crippen LogP contribution in [0, 0.1) is 19.7 Å². The molecule has 1 heterocycles. The molecular formula is C13H13FN4O. The molecule has 19 heavy (non-hydrogen) atoms. The van der Waals surface area contributed by atoms with Crippen molar-refractivity contribution in [3.8, 4) is 0 Å². The molecule has 3 N–H and O–H groups in total. The molecule has 5 nitrogen and oxygen atoms in total. The Labute approximate surface area is 109 Å². The first-order valence-electron chi connectivity index (χ1n) is 5.64. The quantitative estimate of drug-likeness (QED) is 0.810. The third-order valence-corrected chi connectivity index (χ3v) is 2.47. The molecule has 0 fully saturated rings. The van der Waals surface area contributed by atoms with Crippen LogP contribution in [0.1, 0.15) is 21.7 Å². The molecule has 0 aliphatic rings. The van der Waals surface area contributed by atoms with Gasteiger partial charge < -0.3 is 5.73 Å². The van der Waals surface area contributed by atoms with Crippen LogP contribution in [0.25, 0.3) is 0 Å². The zero-order chi connectivity index (χ0) is 14.0. The number of amides is 1. The Hall–Kier alpha value is -2.50. The van der Waals surface area contributed by atoms with Crippen LogP contribution in [0.5, 0.6) is 0 Å². The van der Waals surface area contributed by atoms with Gasteiger partial charge in [0, 0.05) is 17.1 Å². The lowest BCUT2D eigenvalue weighted by molar-refractivity contribution is 0.102. The summed E-state index contributed by atoms with van der Waals surface area (Å²) in [5.41, 5.74) is 7.35. The SMILES string of the molecule is Cc1cc(C)nc(NC(=O)c2cc(F)ccc2N)n1. The number of nitrogen functional groups attached to an aromatic ring is 1. The number of carbonyl (C=O) groups excluding carboxylic acids is 1. The minimum Gasteiger partial charge on any atom is -0.398 e. The van der Waals surface area contributed by atoms with E-state index in [1.54, 1.807) is 19.9 Å². The Morgan fingerprint density at radius 1 is 1.21 bits per heavy atom. The first kappa shape index (κ1) is 12.9. The molecule has 1 amide bonds. The Morgan fingerprint density at radius 2 is 1.84 bits per heavy atom. The fourth-order valence-corrected chi connectivity index (χ4v) is 1.68. The molecule has 0 bridgehead atoms. The number of nitrogens with two attached hydrogens (primary N) is 1. The molecule has 98 valence electrons. The maximum Gasteiger partial charge on any atom is 0.260 e. The molecule has 6 heteroatoms. The summed E-state index contributed by atoms with van der Waals surface area (Å²) in [5.74, 6) is -0.895. The topological polar surface area (TPSA) is 80.9 Å². The number of nitrogens with zero attached hydrogens (tertiary/aromatic N) is 2. The normalized spacial score (nSPS) is 10.3. The van der Waals surface area contributed by atoms with Gasteiger partial charge in [-0.2, -0.15) is 0 Å². The van der Waals surface area contributed by atoms with Gasteiger partial charge in [0.25, 0.3) is 5.91 Å². The van der Waals surface area contributed by atoms with Crippen molar-refractivity contribution in [2.24, 2.45) is 0 Å². The van der Waals surface area contributed by atoms with Crippen molar-refractivity contribution >= 4 is 17.5 Å². The molecule has 0 aliphatic carbocycles. The summed E-state index contributed by atoms with van der Waals surface area (Å²) < 4.78 is 13.1. The highest BCUT2D eigenvalue weighted by Crippen LogP contribution is 2.15. The highest BCUT2D eigenvalue weighted by molar-refractivity contribution is 6.06. The predicted octanol–water partition coefficient (Wildman–Crippen LogP) is 2.07. The maximum absolute atomic E-state index is 13.1. The standard InChI is InChI=1S/C13H13FN4O/c1-7-5-8(2)17-13(16-7)18-12(19)10-6-9(14)3-4-11(10)15/h3-6H,15H2,1-2H3,(H,16,17,18,19). The third kappa shape index (κ3) is 3.04. The smallest absolute Gasteiger partial charge is 0.260 e. The summed E-state index contributed by atoms with van der Waals surface area (Å²) in [6.07, 6.45) is 0. The fraction of sp³-hybridized carbons (Fsp3) is 0.154. The van der Waals surface area contributed by atoms with Crippen molar-refractivity contribution in [2.45, 2.75) is 13.8 Å². The number of aromatic nitrogens is 2. The minimum absolute atomic E-state index is 0.0581. The van der Waals surface area contributed by atoms with E-state index in [1.807, 2.05) is 0 Å². The lowest BCUT2D eigenvalue weighted by Crippen LogP contribution is -2.16. The number of rotatable bonds is 2. The summed E-state index contributed by atoms with van der Waals surface area (Å²) in [6.45, 7) is 3.59. The van der Waals surface area contributed by atoms with Crippen molar-refractivity contribution < 1.29 is 9.18 Å². The second-order valence-electron chi connectivity index (χ2n) is 4.16. The van der Waals surface area contributed by atoms with E-state index in [2.05, 4.69) is 15.3 Å². The molecule has 1 aromatic carbocycles. The van der Waals surface area contributed by atoms with Gasteiger partial charge in [-0.15, -0.1) is 0 Å². The largest absolute Gasteiger partial charge is 0.398 e.